The van der Waals surface area contributed by atoms with E-state index in [2.05, 4.69) is 26.8 Å². The Labute approximate surface area is 185 Å². The van der Waals surface area contributed by atoms with Crippen LogP contribution in [-0.4, -0.2) is 36.4 Å². The standard InChI is InChI=1S/C24H26N4O4/c1-4-31-21-10-9-16(12-22(21)30-3)18(19-14-25-20-8-6-5-7-17(19)20)13-26-24(29)27-23-11-15(2)32-28-23/h5-12,14,18,25H,4,13H2,1-3H3,(H2,26,27,28,29). The van der Waals surface area contributed by atoms with Gasteiger partial charge in [-0.3, -0.25) is 5.32 Å². The minimum Gasteiger partial charge on any atom is -0.493 e. The summed E-state index contributed by atoms with van der Waals surface area (Å²) in [5, 5.41) is 10.5. The lowest BCUT2D eigenvalue weighted by Gasteiger charge is -2.20. The molecular formula is C24H26N4O4. The first kappa shape index (κ1) is 21.3. The molecule has 1 unspecified atom stereocenters. The molecular weight excluding hydrogens is 408 g/mol. The van der Waals surface area contributed by atoms with Gasteiger partial charge in [0.1, 0.15) is 5.76 Å². The van der Waals surface area contributed by atoms with E-state index in [4.69, 9.17) is 14.0 Å². The molecule has 0 bridgehead atoms. The van der Waals surface area contributed by atoms with E-state index < -0.39 is 0 Å². The number of hydrogen-bond acceptors (Lipinski definition) is 5. The molecule has 0 fully saturated rings. The van der Waals surface area contributed by atoms with E-state index in [-0.39, 0.29) is 11.9 Å². The number of nitrogens with one attached hydrogen (secondary N) is 3. The molecule has 2 heterocycles. The highest BCUT2D eigenvalue weighted by Gasteiger charge is 2.21. The number of fused-ring (bicyclic) bond motifs is 1. The molecule has 0 aliphatic rings. The summed E-state index contributed by atoms with van der Waals surface area (Å²) in [5.74, 6) is 2.20. The zero-order chi connectivity index (χ0) is 22.5. The van der Waals surface area contributed by atoms with Crippen LogP contribution >= 0.6 is 0 Å². The highest BCUT2D eigenvalue weighted by Crippen LogP contribution is 2.35. The van der Waals surface area contributed by atoms with Crippen molar-refractivity contribution in [2.24, 2.45) is 0 Å². The van der Waals surface area contributed by atoms with Crippen molar-refractivity contribution in [3.05, 3.63) is 71.6 Å². The average molecular weight is 434 g/mol. The van der Waals surface area contributed by atoms with Crippen LogP contribution in [0.1, 0.15) is 29.7 Å². The van der Waals surface area contributed by atoms with Crippen molar-refractivity contribution < 1.29 is 18.8 Å². The lowest BCUT2D eigenvalue weighted by Crippen LogP contribution is -2.32. The maximum atomic E-state index is 12.5. The SMILES string of the molecule is CCOc1ccc(C(CNC(=O)Nc2cc(C)on2)c2c[nH]c3ccccc23)cc1OC. The first-order valence-corrected chi connectivity index (χ1v) is 10.4. The second-order valence-electron chi connectivity index (χ2n) is 7.34. The topological polar surface area (TPSA) is 101 Å². The van der Waals surface area contributed by atoms with Crippen molar-refractivity contribution in [3.63, 3.8) is 0 Å². The molecule has 32 heavy (non-hydrogen) atoms. The Kier molecular flexibility index (Phi) is 6.30. The number of ether oxygens (including phenoxy) is 2. The largest absolute Gasteiger partial charge is 0.493 e. The molecule has 0 spiro atoms. The van der Waals surface area contributed by atoms with Crippen LogP contribution in [0.25, 0.3) is 10.9 Å². The summed E-state index contributed by atoms with van der Waals surface area (Å²) in [6.07, 6.45) is 1.98. The summed E-state index contributed by atoms with van der Waals surface area (Å²) in [6, 6.07) is 15.2. The van der Waals surface area contributed by atoms with Crippen LogP contribution < -0.4 is 20.1 Å². The molecule has 0 aliphatic carbocycles. The third-order valence-electron chi connectivity index (χ3n) is 5.22. The summed E-state index contributed by atoms with van der Waals surface area (Å²) < 4.78 is 16.2. The first-order chi connectivity index (χ1) is 15.6. The van der Waals surface area contributed by atoms with E-state index in [9.17, 15) is 4.79 Å². The number of carbonyl (C=O) groups excluding carboxylic acids is 1. The molecule has 0 radical (unpaired) electrons. The van der Waals surface area contributed by atoms with Gasteiger partial charge < -0.3 is 24.3 Å². The maximum absolute atomic E-state index is 12.5. The molecule has 2 amide bonds. The number of urea groups is 1. The van der Waals surface area contributed by atoms with Crippen LogP contribution in [-0.2, 0) is 0 Å². The fourth-order valence-electron chi connectivity index (χ4n) is 3.75. The molecule has 8 heteroatoms. The summed E-state index contributed by atoms with van der Waals surface area (Å²) in [5.41, 5.74) is 3.10. The van der Waals surface area contributed by atoms with Crippen molar-refractivity contribution in [3.8, 4) is 11.5 Å². The van der Waals surface area contributed by atoms with Crippen LogP contribution in [0.3, 0.4) is 0 Å². The third kappa shape index (κ3) is 4.54. The minimum absolute atomic E-state index is 0.125. The van der Waals surface area contributed by atoms with Crippen LogP contribution in [0.4, 0.5) is 10.6 Å². The molecule has 4 rings (SSSR count). The number of carbonyl (C=O) groups is 1. The summed E-state index contributed by atoms with van der Waals surface area (Å²) in [6.45, 7) is 4.61. The fourth-order valence-corrected chi connectivity index (χ4v) is 3.75. The Hall–Kier alpha value is -3.94. The second kappa shape index (κ2) is 9.47. The number of para-hydroxylation sites is 1. The van der Waals surface area contributed by atoms with Crippen molar-refractivity contribution in [1.29, 1.82) is 0 Å². The van der Waals surface area contributed by atoms with Gasteiger partial charge in [0, 0.05) is 35.6 Å². The van der Waals surface area contributed by atoms with Gasteiger partial charge in [-0.2, -0.15) is 0 Å². The van der Waals surface area contributed by atoms with E-state index in [0.29, 0.717) is 36.2 Å². The van der Waals surface area contributed by atoms with Gasteiger partial charge in [-0.05, 0) is 43.2 Å². The average Bonchev–Trinajstić information content (AvgIpc) is 3.41. The van der Waals surface area contributed by atoms with Gasteiger partial charge in [0.25, 0.3) is 0 Å². The minimum atomic E-state index is -0.360. The Bertz CT molecular complexity index is 1210. The third-order valence-corrected chi connectivity index (χ3v) is 5.22. The van der Waals surface area contributed by atoms with Crippen LogP contribution in [0.15, 0.2) is 59.3 Å². The van der Waals surface area contributed by atoms with E-state index in [1.54, 1.807) is 20.1 Å². The lowest BCUT2D eigenvalue weighted by molar-refractivity contribution is 0.251. The Morgan fingerprint density at radius 1 is 1.19 bits per heavy atom. The van der Waals surface area contributed by atoms with E-state index in [1.807, 2.05) is 49.5 Å². The number of aryl methyl sites for hydroxylation is 1. The molecule has 166 valence electrons. The van der Waals surface area contributed by atoms with Crippen molar-refractivity contribution in [2.45, 2.75) is 19.8 Å². The molecule has 4 aromatic rings. The van der Waals surface area contributed by atoms with E-state index in [0.717, 1.165) is 22.0 Å². The quantitative estimate of drug-likeness (QED) is 0.369. The number of hydrogen-bond donors (Lipinski definition) is 3. The predicted molar refractivity (Wildman–Crippen MR) is 123 cm³/mol. The molecule has 2 aromatic heterocycles. The summed E-state index contributed by atoms with van der Waals surface area (Å²) >= 11 is 0. The number of anilines is 1. The Morgan fingerprint density at radius 3 is 2.78 bits per heavy atom. The normalized spacial score (nSPS) is 11.8. The van der Waals surface area contributed by atoms with Gasteiger partial charge in [-0.25, -0.2) is 4.79 Å². The van der Waals surface area contributed by atoms with Crippen molar-refractivity contribution >= 4 is 22.8 Å². The number of aromatic nitrogens is 2. The Balaban J connectivity index is 1.63. The van der Waals surface area contributed by atoms with Crippen molar-refractivity contribution in [1.82, 2.24) is 15.5 Å². The molecule has 8 nitrogen and oxygen atoms in total. The molecule has 0 aliphatic heterocycles. The second-order valence-corrected chi connectivity index (χ2v) is 7.34. The molecule has 1 atom stereocenters. The smallest absolute Gasteiger partial charge is 0.320 e. The lowest BCUT2D eigenvalue weighted by atomic mass is 9.90. The molecule has 0 saturated carbocycles. The number of methoxy groups -OCH3 is 1. The van der Waals surface area contributed by atoms with Gasteiger partial charge in [-0.15, -0.1) is 0 Å². The van der Waals surface area contributed by atoms with Gasteiger partial charge in [-0.1, -0.05) is 29.4 Å². The molecule has 3 N–H and O–H groups in total. The first-order valence-electron chi connectivity index (χ1n) is 10.4. The monoisotopic (exact) mass is 434 g/mol. The maximum Gasteiger partial charge on any atom is 0.320 e. The molecule has 0 saturated heterocycles. The van der Waals surface area contributed by atoms with Gasteiger partial charge in [0.2, 0.25) is 0 Å². The highest BCUT2D eigenvalue weighted by atomic mass is 16.5. The van der Waals surface area contributed by atoms with Gasteiger partial charge in [0.15, 0.2) is 17.3 Å². The number of aromatic amines is 1. The van der Waals surface area contributed by atoms with Crippen LogP contribution in [0.5, 0.6) is 11.5 Å². The number of amides is 2. The number of H-pyrrole nitrogens is 1. The van der Waals surface area contributed by atoms with Crippen LogP contribution in [0.2, 0.25) is 0 Å². The number of rotatable bonds is 8. The summed E-state index contributed by atoms with van der Waals surface area (Å²) in [4.78, 5) is 15.8. The van der Waals surface area contributed by atoms with Crippen LogP contribution in [0, 0.1) is 6.92 Å². The predicted octanol–water partition coefficient (Wildman–Crippen LogP) is 4.83. The zero-order valence-corrected chi connectivity index (χ0v) is 18.3. The van der Waals surface area contributed by atoms with Crippen molar-refractivity contribution in [2.75, 3.05) is 25.6 Å². The fraction of sp³-hybridized carbons (Fsp3) is 0.250. The zero-order valence-electron chi connectivity index (χ0n) is 18.3. The highest BCUT2D eigenvalue weighted by molar-refractivity contribution is 5.88. The Morgan fingerprint density at radius 2 is 2.03 bits per heavy atom. The van der Waals surface area contributed by atoms with E-state index >= 15 is 0 Å². The van der Waals surface area contributed by atoms with Gasteiger partial charge >= 0.3 is 6.03 Å². The number of benzene rings is 2. The van der Waals surface area contributed by atoms with Gasteiger partial charge in [0.05, 0.1) is 13.7 Å². The van der Waals surface area contributed by atoms with E-state index in [1.165, 1.54) is 0 Å². The molecule has 2 aromatic carbocycles. The number of nitrogens with zero attached hydrogens (tertiary/aromatic N) is 1. The summed E-state index contributed by atoms with van der Waals surface area (Å²) in [7, 11) is 1.62.